The number of pyridine rings is 1. The van der Waals surface area contributed by atoms with E-state index >= 15 is 0 Å². The Morgan fingerprint density at radius 1 is 1.15 bits per heavy atom. The maximum Gasteiger partial charge on any atom is 0.387 e. The highest BCUT2D eigenvalue weighted by molar-refractivity contribution is 5.37. The summed E-state index contributed by atoms with van der Waals surface area (Å²) in [4.78, 5) is 3.93. The Labute approximate surface area is 115 Å². The van der Waals surface area contributed by atoms with Crippen molar-refractivity contribution in [3.8, 4) is 5.75 Å². The number of hydrazine groups is 1. The lowest BCUT2D eigenvalue weighted by molar-refractivity contribution is -0.0507. The summed E-state index contributed by atoms with van der Waals surface area (Å²) in [6, 6.07) is 9.97. The molecule has 1 atom stereocenters. The molecule has 106 valence electrons. The number of hydrogen-bond donors (Lipinski definition) is 2. The van der Waals surface area contributed by atoms with Gasteiger partial charge >= 0.3 is 6.61 Å². The monoisotopic (exact) mass is 279 g/mol. The van der Waals surface area contributed by atoms with Crippen LogP contribution in [0.15, 0.2) is 48.8 Å². The topological polar surface area (TPSA) is 60.2 Å². The van der Waals surface area contributed by atoms with E-state index in [4.69, 9.17) is 5.84 Å². The molecule has 4 nitrogen and oxygen atoms in total. The van der Waals surface area contributed by atoms with Crippen molar-refractivity contribution in [3.05, 3.63) is 59.9 Å². The SMILES string of the molecule is NNC(Cc1ccncc1)c1ccccc1OC(F)F. The summed E-state index contributed by atoms with van der Waals surface area (Å²) in [5.41, 5.74) is 4.22. The Kier molecular flexibility index (Phi) is 4.97. The fraction of sp³-hybridized carbons (Fsp3) is 0.214. The summed E-state index contributed by atoms with van der Waals surface area (Å²) in [5.74, 6) is 5.67. The molecule has 3 N–H and O–H groups in total. The van der Waals surface area contributed by atoms with Gasteiger partial charge in [0, 0.05) is 18.0 Å². The van der Waals surface area contributed by atoms with Crippen LogP contribution in [-0.4, -0.2) is 11.6 Å². The van der Waals surface area contributed by atoms with Crippen molar-refractivity contribution in [1.82, 2.24) is 10.4 Å². The zero-order valence-electron chi connectivity index (χ0n) is 10.7. The average Bonchev–Trinajstić information content (AvgIpc) is 2.46. The first kappa shape index (κ1) is 14.4. The third-order valence-corrected chi connectivity index (χ3v) is 2.90. The van der Waals surface area contributed by atoms with Gasteiger partial charge in [-0.25, -0.2) is 0 Å². The van der Waals surface area contributed by atoms with Gasteiger partial charge in [0.25, 0.3) is 0 Å². The van der Waals surface area contributed by atoms with Gasteiger partial charge in [-0.1, -0.05) is 18.2 Å². The van der Waals surface area contributed by atoms with E-state index < -0.39 is 6.61 Å². The number of para-hydroxylation sites is 1. The molecule has 6 heteroatoms. The van der Waals surface area contributed by atoms with E-state index in [1.54, 1.807) is 30.6 Å². The summed E-state index contributed by atoms with van der Waals surface area (Å²) in [6.45, 7) is -2.87. The van der Waals surface area contributed by atoms with Gasteiger partial charge in [0.1, 0.15) is 5.75 Å². The molecule has 1 heterocycles. The molecule has 0 aliphatic rings. The van der Waals surface area contributed by atoms with Crippen molar-refractivity contribution in [2.45, 2.75) is 19.1 Å². The molecule has 1 unspecified atom stereocenters. The molecule has 1 aromatic carbocycles. The predicted octanol–water partition coefficient (Wildman–Crippen LogP) is 2.43. The maximum atomic E-state index is 12.4. The molecule has 0 fully saturated rings. The van der Waals surface area contributed by atoms with E-state index in [-0.39, 0.29) is 11.8 Å². The van der Waals surface area contributed by atoms with E-state index in [2.05, 4.69) is 15.1 Å². The first-order valence-corrected chi connectivity index (χ1v) is 6.09. The van der Waals surface area contributed by atoms with Crippen molar-refractivity contribution in [2.75, 3.05) is 0 Å². The Bertz CT molecular complexity index is 537. The number of rotatable bonds is 6. The van der Waals surface area contributed by atoms with Gasteiger partial charge in [0.2, 0.25) is 0 Å². The van der Waals surface area contributed by atoms with E-state index in [1.807, 2.05) is 12.1 Å². The number of ether oxygens (including phenoxy) is 1. The number of nitrogens with zero attached hydrogens (tertiary/aromatic N) is 1. The molecule has 2 aromatic rings. The number of halogens is 2. The molecule has 1 aromatic heterocycles. The van der Waals surface area contributed by atoms with Crippen LogP contribution in [0.5, 0.6) is 5.75 Å². The van der Waals surface area contributed by atoms with E-state index in [1.165, 1.54) is 6.07 Å². The van der Waals surface area contributed by atoms with Crippen LogP contribution < -0.4 is 16.0 Å². The molecule has 0 bridgehead atoms. The first-order chi connectivity index (χ1) is 9.70. The molecule has 2 rings (SSSR count). The zero-order valence-corrected chi connectivity index (χ0v) is 10.7. The number of alkyl halides is 2. The minimum absolute atomic E-state index is 0.125. The lowest BCUT2D eigenvalue weighted by Gasteiger charge is -2.19. The lowest BCUT2D eigenvalue weighted by Crippen LogP contribution is -2.30. The number of hydrogen-bond acceptors (Lipinski definition) is 4. The summed E-state index contributed by atoms with van der Waals surface area (Å²) in [5, 5.41) is 0. The smallest absolute Gasteiger partial charge is 0.387 e. The largest absolute Gasteiger partial charge is 0.434 e. The molecule has 0 aliphatic carbocycles. The van der Waals surface area contributed by atoms with E-state index in [9.17, 15) is 8.78 Å². The normalized spacial score (nSPS) is 12.4. The maximum absolute atomic E-state index is 12.4. The summed E-state index contributed by atoms with van der Waals surface area (Å²) in [6.07, 6.45) is 3.89. The van der Waals surface area contributed by atoms with Gasteiger partial charge in [-0.05, 0) is 30.2 Å². The predicted molar refractivity (Wildman–Crippen MR) is 71.1 cm³/mol. The summed E-state index contributed by atoms with van der Waals surface area (Å²) < 4.78 is 29.3. The van der Waals surface area contributed by atoms with Gasteiger partial charge < -0.3 is 4.74 Å². The van der Waals surface area contributed by atoms with Crippen molar-refractivity contribution in [2.24, 2.45) is 5.84 Å². The van der Waals surface area contributed by atoms with Gasteiger partial charge in [-0.2, -0.15) is 8.78 Å². The molecule has 0 radical (unpaired) electrons. The lowest BCUT2D eigenvalue weighted by atomic mass is 9.99. The van der Waals surface area contributed by atoms with Gasteiger partial charge in [-0.3, -0.25) is 16.3 Å². The van der Waals surface area contributed by atoms with Gasteiger partial charge in [0.05, 0.1) is 6.04 Å². The van der Waals surface area contributed by atoms with Crippen LogP contribution in [0.4, 0.5) is 8.78 Å². The Balaban J connectivity index is 2.23. The molecule has 0 saturated heterocycles. The standard InChI is InChI=1S/C14H15F2N3O/c15-14(16)20-13-4-2-1-3-11(13)12(19-17)9-10-5-7-18-8-6-10/h1-8,12,14,19H,9,17H2. The highest BCUT2D eigenvalue weighted by Gasteiger charge is 2.17. The Morgan fingerprint density at radius 3 is 2.50 bits per heavy atom. The third-order valence-electron chi connectivity index (χ3n) is 2.90. The molecule has 20 heavy (non-hydrogen) atoms. The van der Waals surface area contributed by atoms with Crippen LogP contribution in [0.1, 0.15) is 17.2 Å². The Hall–Kier alpha value is -2.05. The van der Waals surface area contributed by atoms with Crippen LogP contribution >= 0.6 is 0 Å². The van der Waals surface area contributed by atoms with Crippen LogP contribution in [0.2, 0.25) is 0 Å². The highest BCUT2D eigenvalue weighted by atomic mass is 19.3. The highest BCUT2D eigenvalue weighted by Crippen LogP contribution is 2.28. The van der Waals surface area contributed by atoms with Gasteiger partial charge in [-0.15, -0.1) is 0 Å². The molecule has 0 spiro atoms. The van der Waals surface area contributed by atoms with E-state index in [0.717, 1.165) is 5.56 Å². The first-order valence-electron chi connectivity index (χ1n) is 6.09. The number of nitrogens with one attached hydrogen (secondary N) is 1. The minimum atomic E-state index is -2.87. The average molecular weight is 279 g/mol. The second-order valence-corrected chi connectivity index (χ2v) is 4.20. The minimum Gasteiger partial charge on any atom is -0.434 e. The second kappa shape index (κ2) is 6.93. The fourth-order valence-electron chi connectivity index (χ4n) is 1.98. The van der Waals surface area contributed by atoms with E-state index in [0.29, 0.717) is 12.0 Å². The van der Waals surface area contributed by atoms with Crippen molar-refractivity contribution >= 4 is 0 Å². The van der Waals surface area contributed by atoms with Crippen LogP contribution in [0.25, 0.3) is 0 Å². The molecule has 0 aliphatic heterocycles. The molecule has 0 saturated carbocycles. The fourth-order valence-corrected chi connectivity index (χ4v) is 1.98. The quantitative estimate of drug-likeness (QED) is 0.630. The number of nitrogens with two attached hydrogens (primary N) is 1. The van der Waals surface area contributed by atoms with Crippen molar-refractivity contribution in [1.29, 1.82) is 0 Å². The van der Waals surface area contributed by atoms with Gasteiger partial charge in [0.15, 0.2) is 0 Å². The van der Waals surface area contributed by atoms with Crippen LogP contribution in [0, 0.1) is 0 Å². The zero-order chi connectivity index (χ0) is 14.4. The van der Waals surface area contributed by atoms with Crippen LogP contribution in [-0.2, 0) is 6.42 Å². The number of aromatic nitrogens is 1. The summed E-state index contributed by atoms with van der Waals surface area (Å²) >= 11 is 0. The van der Waals surface area contributed by atoms with Crippen molar-refractivity contribution in [3.63, 3.8) is 0 Å². The molecular weight excluding hydrogens is 264 g/mol. The second-order valence-electron chi connectivity index (χ2n) is 4.20. The Morgan fingerprint density at radius 2 is 1.85 bits per heavy atom. The third kappa shape index (κ3) is 3.72. The molecular formula is C14H15F2N3O. The molecule has 0 amide bonds. The number of benzene rings is 1. The van der Waals surface area contributed by atoms with Crippen LogP contribution in [0.3, 0.4) is 0 Å². The van der Waals surface area contributed by atoms with Crippen molar-refractivity contribution < 1.29 is 13.5 Å². The summed E-state index contributed by atoms with van der Waals surface area (Å²) in [7, 11) is 0.